The first-order chi connectivity index (χ1) is 8.66. The quantitative estimate of drug-likeness (QED) is 0.919. The topological polar surface area (TPSA) is 15.3 Å². The van der Waals surface area contributed by atoms with E-state index in [4.69, 9.17) is 0 Å². The molecule has 0 radical (unpaired) electrons. The molecule has 4 heteroatoms. The second-order valence-electron chi connectivity index (χ2n) is 4.91. The van der Waals surface area contributed by atoms with Gasteiger partial charge in [-0.3, -0.25) is 4.90 Å². The van der Waals surface area contributed by atoms with Crippen LogP contribution in [-0.2, 0) is 6.42 Å². The average molecular weight is 315 g/mol. The van der Waals surface area contributed by atoms with Crippen LogP contribution < -0.4 is 5.32 Å². The van der Waals surface area contributed by atoms with Crippen molar-refractivity contribution in [3.8, 4) is 0 Å². The van der Waals surface area contributed by atoms with Gasteiger partial charge in [-0.1, -0.05) is 15.9 Å². The fraction of sp³-hybridized carbons (Fsp3) is 0.571. The first kappa shape index (κ1) is 14.0. The molecule has 0 spiro atoms. The van der Waals surface area contributed by atoms with Crippen molar-refractivity contribution in [2.45, 2.75) is 25.8 Å². The van der Waals surface area contributed by atoms with Crippen LogP contribution in [0.3, 0.4) is 0 Å². The number of aryl methyl sites for hydroxylation is 1. The molecule has 1 aromatic carbocycles. The zero-order valence-electron chi connectivity index (χ0n) is 10.8. The molecule has 1 aromatic rings. The van der Waals surface area contributed by atoms with E-state index in [1.54, 1.807) is 6.07 Å². The van der Waals surface area contributed by atoms with Gasteiger partial charge in [-0.2, -0.15) is 0 Å². The van der Waals surface area contributed by atoms with Crippen molar-refractivity contribution < 1.29 is 4.39 Å². The summed E-state index contributed by atoms with van der Waals surface area (Å²) in [6.45, 7) is 6.57. The normalized spacial score (nSPS) is 18.8. The molecule has 1 fully saturated rings. The third-order valence-electron chi connectivity index (χ3n) is 3.61. The Morgan fingerprint density at radius 2 is 2.11 bits per heavy atom. The van der Waals surface area contributed by atoms with Gasteiger partial charge in [0, 0.05) is 36.7 Å². The zero-order valence-corrected chi connectivity index (χ0v) is 12.3. The molecule has 100 valence electrons. The minimum atomic E-state index is -0.0919. The SMILES string of the molecule is CC(CCc1cc(Br)ccc1F)N1CCNCC1. The van der Waals surface area contributed by atoms with E-state index in [1.165, 1.54) is 6.07 Å². The van der Waals surface area contributed by atoms with Crippen LogP contribution in [0, 0.1) is 5.82 Å². The Balaban J connectivity index is 1.88. The Labute approximate surface area is 117 Å². The van der Waals surface area contributed by atoms with Crippen molar-refractivity contribution in [1.29, 1.82) is 0 Å². The van der Waals surface area contributed by atoms with Crippen molar-refractivity contribution >= 4 is 15.9 Å². The lowest BCUT2D eigenvalue weighted by atomic mass is 10.0. The maximum Gasteiger partial charge on any atom is 0.126 e. The number of benzene rings is 1. The zero-order chi connectivity index (χ0) is 13.0. The van der Waals surface area contributed by atoms with Crippen LogP contribution in [0.15, 0.2) is 22.7 Å². The van der Waals surface area contributed by atoms with Gasteiger partial charge in [0.25, 0.3) is 0 Å². The predicted octanol–water partition coefficient (Wildman–Crippen LogP) is 2.81. The Morgan fingerprint density at radius 3 is 2.83 bits per heavy atom. The fourth-order valence-corrected chi connectivity index (χ4v) is 2.81. The maximum atomic E-state index is 13.6. The summed E-state index contributed by atoms with van der Waals surface area (Å²) in [7, 11) is 0. The maximum absolute atomic E-state index is 13.6. The lowest BCUT2D eigenvalue weighted by Crippen LogP contribution is -2.47. The van der Waals surface area contributed by atoms with Crippen LogP contribution in [0.2, 0.25) is 0 Å². The smallest absolute Gasteiger partial charge is 0.126 e. The molecular formula is C14H20BrFN2. The molecule has 0 amide bonds. The number of rotatable bonds is 4. The van der Waals surface area contributed by atoms with Crippen molar-refractivity contribution in [3.05, 3.63) is 34.1 Å². The molecule has 0 aliphatic carbocycles. The molecule has 1 unspecified atom stereocenters. The van der Waals surface area contributed by atoms with E-state index in [0.717, 1.165) is 49.1 Å². The average Bonchev–Trinajstić information content (AvgIpc) is 2.40. The van der Waals surface area contributed by atoms with Crippen LogP contribution in [-0.4, -0.2) is 37.1 Å². The second kappa shape index (κ2) is 6.64. The van der Waals surface area contributed by atoms with Crippen LogP contribution in [0.5, 0.6) is 0 Å². The summed E-state index contributed by atoms with van der Waals surface area (Å²) in [5.74, 6) is -0.0919. The molecule has 2 nitrogen and oxygen atoms in total. The molecule has 1 heterocycles. The highest BCUT2D eigenvalue weighted by Crippen LogP contribution is 2.18. The fourth-order valence-electron chi connectivity index (χ4n) is 2.40. The van der Waals surface area contributed by atoms with Gasteiger partial charge in [-0.25, -0.2) is 4.39 Å². The monoisotopic (exact) mass is 314 g/mol. The van der Waals surface area contributed by atoms with E-state index in [1.807, 2.05) is 6.07 Å². The molecular weight excluding hydrogens is 295 g/mol. The number of halogens is 2. The van der Waals surface area contributed by atoms with E-state index in [2.05, 4.69) is 33.1 Å². The highest BCUT2D eigenvalue weighted by Gasteiger charge is 2.16. The van der Waals surface area contributed by atoms with Gasteiger partial charge >= 0.3 is 0 Å². The molecule has 18 heavy (non-hydrogen) atoms. The standard InChI is InChI=1S/C14H20BrFN2/c1-11(18-8-6-17-7-9-18)2-3-12-10-13(15)4-5-14(12)16/h4-5,10-11,17H,2-3,6-9H2,1H3. The summed E-state index contributed by atoms with van der Waals surface area (Å²) in [5.41, 5.74) is 0.811. The molecule has 1 saturated heterocycles. The van der Waals surface area contributed by atoms with Crippen molar-refractivity contribution in [3.63, 3.8) is 0 Å². The van der Waals surface area contributed by atoms with Gasteiger partial charge in [0.1, 0.15) is 5.82 Å². The number of hydrogen-bond acceptors (Lipinski definition) is 2. The van der Waals surface area contributed by atoms with E-state index >= 15 is 0 Å². The van der Waals surface area contributed by atoms with E-state index in [9.17, 15) is 4.39 Å². The summed E-state index contributed by atoms with van der Waals surface area (Å²) >= 11 is 3.39. The van der Waals surface area contributed by atoms with Crippen molar-refractivity contribution in [2.24, 2.45) is 0 Å². The first-order valence-corrected chi connectivity index (χ1v) is 7.35. The lowest BCUT2D eigenvalue weighted by Gasteiger charge is -2.32. The van der Waals surface area contributed by atoms with Crippen LogP contribution >= 0.6 is 15.9 Å². The summed E-state index contributed by atoms with van der Waals surface area (Å²) in [6, 6.07) is 5.69. The molecule has 1 atom stereocenters. The summed E-state index contributed by atoms with van der Waals surface area (Å²) in [6.07, 6.45) is 1.81. The number of piperazine rings is 1. The molecule has 0 bridgehead atoms. The molecule has 1 aliphatic rings. The van der Waals surface area contributed by atoms with Crippen molar-refractivity contribution in [1.82, 2.24) is 10.2 Å². The minimum absolute atomic E-state index is 0.0919. The van der Waals surface area contributed by atoms with E-state index < -0.39 is 0 Å². The number of nitrogens with one attached hydrogen (secondary N) is 1. The largest absolute Gasteiger partial charge is 0.314 e. The Kier molecular flexibility index (Phi) is 5.15. The molecule has 1 N–H and O–H groups in total. The van der Waals surface area contributed by atoms with Crippen molar-refractivity contribution in [2.75, 3.05) is 26.2 Å². The molecule has 0 aromatic heterocycles. The van der Waals surface area contributed by atoms with Gasteiger partial charge in [-0.05, 0) is 43.5 Å². The predicted molar refractivity (Wildman–Crippen MR) is 76.3 cm³/mol. The van der Waals surface area contributed by atoms with E-state index in [-0.39, 0.29) is 5.82 Å². The van der Waals surface area contributed by atoms with Gasteiger partial charge in [0.05, 0.1) is 0 Å². The third-order valence-corrected chi connectivity index (χ3v) is 4.11. The van der Waals surface area contributed by atoms with E-state index in [0.29, 0.717) is 6.04 Å². The van der Waals surface area contributed by atoms with Gasteiger partial charge in [0.15, 0.2) is 0 Å². The first-order valence-electron chi connectivity index (χ1n) is 6.55. The second-order valence-corrected chi connectivity index (χ2v) is 5.83. The number of nitrogens with zero attached hydrogens (tertiary/aromatic N) is 1. The van der Waals surface area contributed by atoms with Gasteiger partial charge in [-0.15, -0.1) is 0 Å². The summed E-state index contributed by atoms with van der Waals surface area (Å²) < 4.78 is 14.6. The molecule has 1 aliphatic heterocycles. The Bertz CT molecular complexity index is 391. The molecule has 0 saturated carbocycles. The number of hydrogen-bond donors (Lipinski definition) is 1. The van der Waals surface area contributed by atoms with Gasteiger partial charge in [0.2, 0.25) is 0 Å². The van der Waals surface area contributed by atoms with Crippen LogP contribution in [0.4, 0.5) is 4.39 Å². The highest BCUT2D eigenvalue weighted by atomic mass is 79.9. The minimum Gasteiger partial charge on any atom is -0.314 e. The highest BCUT2D eigenvalue weighted by molar-refractivity contribution is 9.10. The summed E-state index contributed by atoms with van der Waals surface area (Å²) in [4.78, 5) is 2.48. The Morgan fingerprint density at radius 1 is 1.39 bits per heavy atom. The lowest BCUT2D eigenvalue weighted by molar-refractivity contribution is 0.176. The van der Waals surface area contributed by atoms with Gasteiger partial charge < -0.3 is 5.32 Å². The molecule has 2 rings (SSSR count). The van der Waals surface area contributed by atoms with Crippen LogP contribution in [0.25, 0.3) is 0 Å². The van der Waals surface area contributed by atoms with Crippen LogP contribution in [0.1, 0.15) is 18.9 Å². The Hall–Kier alpha value is -0.450. The third kappa shape index (κ3) is 3.77. The summed E-state index contributed by atoms with van der Waals surface area (Å²) in [5, 5.41) is 3.35.